The molecular formula is C20H25NO. The Morgan fingerprint density at radius 3 is 2.23 bits per heavy atom. The lowest BCUT2D eigenvalue weighted by Crippen LogP contribution is -2.31. The van der Waals surface area contributed by atoms with Crippen molar-refractivity contribution < 1.29 is 4.79 Å². The van der Waals surface area contributed by atoms with Crippen molar-refractivity contribution in [3.8, 4) is 0 Å². The first kappa shape index (κ1) is 16.3. The lowest BCUT2D eigenvalue weighted by atomic mass is 9.95. The minimum absolute atomic E-state index is 0.0757. The smallest absolute Gasteiger partial charge is 0.220 e. The summed E-state index contributed by atoms with van der Waals surface area (Å²) in [5.74, 6) is 0.480. The van der Waals surface area contributed by atoms with E-state index in [0.717, 1.165) is 6.42 Å². The Kier molecular flexibility index (Phi) is 5.76. The fourth-order valence-electron chi connectivity index (χ4n) is 2.55. The molecular weight excluding hydrogens is 270 g/mol. The van der Waals surface area contributed by atoms with Crippen LogP contribution >= 0.6 is 0 Å². The van der Waals surface area contributed by atoms with E-state index in [2.05, 4.69) is 62.5 Å². The molecule has 1 N–H and O–H groups in total. The summed E-state index contributed by atoms with van der Waals surface area (Å²) >= 11 is 0. The van der Waals surface area contributed by atoms with Crippen LogP contribution in [0.3, 0.4) is 0 Å². The Labute approximate surface area is 133 Å². The van der Waals surface area contributed by atoms with E-state index in [1.54, 1.807) is 0 Å². The zero-order chi connectivity index (χ0) is 15.9. The van der Waals surface area contributed by atoms with Gasteiger partial charge in [0.1, 0.15) is 0 Å². The molecule has 0 radical (unpaired) electrons. The van der Waals surface area contributed by atoms with Crippen molar-refractivity contribution in [2.24, 2.45) is 5.92 Å². The number of rotatable bonds is 6. The second kappa shape index (κ2) is 7.79. The van der Waals surface area contributed by atoms with Crippen LogP contribution in [0.4, 0.5) is 0 Å². The normalized spacial score (nSPS) is 12.2. The molecule has 1 unspecified atom stereocenters. The van der Waals surface area contributed by atoms with Crippen LogP contribution in [0.2, 0.25) is 0 Å². The molecule has 0 spiro atoms. The maximum absolute atomic E-state index is 12.3. The number of amides is 1. The predicted octanol–water partition coefficient (Wildman–Crippen LogP) is 4.44. The summed E-state index contributed by atoms with van der Waals surface area (Å²) in [6.07, 6.45) is 1.31. The van der Waals surface area contributed by atoms with E-state index in [4.69, 9.17) is 0 Å². The summed E-state index contributed by atoms with van der Waals surface area (Å²) in [5.41, 5.74) is 3.62. The average Bonchev–Trinajstić information content (AvgIpc) is 2.52. The van der Waals surface area contributed by atoms with Crippen molar-refractivity contribution >= 4 is 5.91 Å². The third-order valence-corrected chi connectivity index (χ3v) is 3.90. The Morgan fingerprint density at radius 2 is 1.64 bits per heavy atom. The van der Waals surface area contributed by atoms with Gasteiger partial charge in [0.15, 0.2) is 0 Å². The zero-order valence-corrected chi connectivity index (χ0v) is 13.7. The lowest BCUT2D eigenvalue weighted by Gasteiger charge is -2.23. The van der Waals surface area contributed by atoms with Crippen LogP contribution in [0, 0.1) is 12.8 Å². The lowest BCUT2D eigenvalue weighted by molar-refractivity contribution is -0.122. The second-order valence-electron chi connectivity index (χ2n) is 6.19. The minimum Gasteiger partial charge on any atom is -0.349 e. The zero-order valence-electron chi connectivity index (χ0n) is 13.7. The van der Waals surface area contributed by atoms with E-state index in [-0.39, 0.29) is 11.9 Å². The van der Waals surface area contributed by atoms with Gasteiger partial charge in [-0.05, 0) is 30.4 Å². The van der Waals surface area contributed by atoms with E-state index in [1.165, 1.54) is 16.7 Å². The van der Waals surface area contributed by atoms with Gasteiger partial charge in [-0.25, -0.2) is 0 Å². The van der Waals surface area contributed by atoms with Crippen LogP contribution in [0.1, 0.15) is 43.0 Å². The summed E-state index contributed by atoms with van der Waals surface area (Å²) in [5, 5.41) is 3.18. The SMILES string of the molecule is Cc1ccc(CCC(=O)NC(c2ccccc2)C(C)C)cc1. The molecule has 0 aliphatic carbocycles. The maximum atomic E-state index is 12.3. The van der Waals surface area contributed by atoms with Crippen LogP contribution < -0.4 is 5.32 Å². The summed E-state index contributed by atoms with van der Waals surface area (Å²) in [6, 6.07) is 18.6. The van der Waals surface area contributed by atoms with Crippen molar-refractivity contribution in [2.75, 3.05) is 0 Å². The molecule has 1 amide bonds. The molecule has 0 aliphatic heterocycles. The van der Waals surface area contributed by atoms with Gasteiger partial charge < -0.3 is 5.32 Å². The molecule has 2 aromatic rings. The Hall–Kier alpha value is -2.09. The van der Waals surface area contributed by atoms with Gasteiger partial charge >= 0.3 is 0 Å². The van der Waals surface area contributed by atoms with Crippen LogP contribution in [0.25, 0.3) is 0 Å². The summed E-state index contributed by atoms with van der Waals surface area (Å²) in [7, 11) is 0. The van der Waals surface area contributed by atoms with Crippen molar-refractivity contribution in [3.05, 3.63) is 71.3 Å². The van der Waals surface area contributed by atoms with Crippen LogP contribution in [-0.4, -0.2) is 5.91 Å². The molecule has 0 heterocycles. The number of hydrogen-bond donors (Lipinski definition) is 1. The molecule has 0 fully saturated rings. The number of benzene rings is 2. The monoisotopic (exact) mass is 295 g/mol. The average molecular weight is 295 g/mol. The summed E-state index contributed by atoms with van der Waals surface area (Å²) < 4.78 is 0. The van der Waals surface area contributed by atoms with E-state index in [1.807, 2.05) is 18.2 Å². The van der Waals surface area contributed by atoms with Gasteiger partial charge in [0.05, 0.1) is 6.04 Å². The van der Waals surface area contributed by atoms with Crippen molar-refractivity contribution in [3.63, 3.8) is 0 Å². The molecule has 0 saturated heterocycles. The molecule has 2 heteroatoms. The van der Waals surface area contributed by atoms with Gasteiger partial charge in [0, 0.05) is 6.42 Å². The third kappa shape index (κ3) is 4.73. The van der Waals surface area contributed by atoms with Gasteiger partial charge in [0.25, 0.3) is 0 Å². The fraction of sp³-hybridized carbons (Fsp3) is 0.350. The highest BCUT2D eigenvalue weighted by Crippen LogP contribution is 2.21. The number of hydrogen-bond acceptors (Lipinski definition) is 1. The number of nitrogens with one attached hydrogen (secondary N) is 1. The second-order valence-corrected chi connectivity index (χ2v) is 6.19. The van der Waals surface area contributed by atoms with Gasteiger partial charge in [-0.1, -0.05) is 74.0 Å². The molecule has 1 atom stereocenters. The Bertz CT molecular complexity index is 587. The largest absolute Gasteiger partial charge is 0.349 e. The van der Waals surface area contributed by atoms with E-state index in [9.17, 15) is 4.79 Å². The van der Waals surface area contributed by atoms with Crippen molar-refractivity contribution in [2.45, 2.75) is 39.7 Å². The highest BCUT2D eigenvalue weighted by atomic mass is 16.1. The number of aryl methyl sites for hydroxylation is 2. The van der Waals surface area contributed by atoms with Gasteiger partial charge in [-0.15, -0.1) is 0 Å². The molecule has 0 aliphatic rings. The predicted molar refractivity (Wildman–Crippen MR) is 91.7 cm³/mol. The van der Waals surface area contributed by atoms with Crippen molar-refractivity contribution in [1.82, 2.24) is 5.32 Å². The number of carbonyl (C=O) groups is 1. The topological polar surface area (TPSA) is 29.1 Å². The molecule has 2 nitrogen and oxygen atoms in total. The molecule has 0 bridgehead atoms. The molecule has 116 valence electrons. The van der Waals surface area contributed by atoms with E-state index >= 15 is 0 Å². The van der Waals surface area contributed by atoms with Gasteiger partial charge in [-0.2, -0.15) is 0 Å². The van der Waals surface area contributed by atoms with Crippen LogP contribution in [-0.2, 0) is 11.2 Å². The first-order chi connectivity index (χ1) is 10.6. The maximum Gasteiger partial charge on any atom is 0.220 e. The summed E-state index contributed by atoms with van der Waals surface area (Å²) in [6.45, 7) is 6.35. The summed E-state index contributed by atoms with van der Waals surface area (Å²) in [4.78, 5) is 12.3. The minimum atomic E-state index is 0.0757. The number of carbonyl (C=O) groups excluding carboxylic acids is 1. The molecule has 0 aromatic heterocycles. The van der Waals surface area contributed by atoms with Crippen LogP contribution in [0.15, 0.2) is 54.6 Å². The molecule has 2 rings (SSSR count). The Morgan fingerprint density at radius 1 is 1.00 bits per heavy atom. The third-order valence-electron chi connectivity index (χ3n) is 3.90. The fourth-order valence-corrected chi connectivity index (χ4v) is 2.55. The quantitative estimate of drug-likeness (QED) is 0.838. The van der Waals surface area contributed by atoms with E-state index < -0.39 is 0 Å². The standard InChI is InChI=1S/C20H25NO/c1-15(2)20(18-7-5-4-6-8-18)21-19(22)14-13-17-11-9-16(3)10-12-17/h4-12,15,20H,13-14H2,1-3H3,(H,21,22). The van der Waals surface area contributed by atoms with Crippen LogP contribution in [0.5, 0.6) is 0 Å². The molecule has 22 heavy (non-hydrogen) atoms. The van der Waals surface area contributed by atoms with Gasteiger partial charge in [0.2, 0.25) is 5.91 Å². The first-order valence-corrected chi connectivity index (χ1v) is 7.96. The van der Waals surface area contributed by atoms with E-state index in [0.29, 0.717) is 12.3 Å². The van der Waals surface area contributed by atoms with Crippen molar-refractivity contribution in [1.29, 1.82) is 0 Å². The Balaban J connectivity index is 1.93. The first-order valence-electron chi connectivity index (χ1n) is 7.96. The highest BCUT2D eigenvalue weighted by molar-refractivity contribution is 5.76. The highest BCUT2D eigenvalue weighted by Gasteiger charge is 2.17. The molecule has 0 saturated carbocycles. The molecule has 2 aromatic carbocycles. The van der Waals surface area contributed by atoms with Gasteiger partial charge in [-0.3, -0.25) is 4.79 Å².